The van der Waals surface area contributed by atoms with Gasteiger partial charge in [0.2, 0.25) is 0 Å². The quantitative estimate of drug-likeness (QED) is 0.832. The maximum absolute atomic E-state index is 9.20. The number of halogens is 2. The summed E-state index contributed by atoms with van der Waals surface area (Å²) < 4.78 is 1.12. The molecule has 0 radical (unpaired) electrons. The van der Waals surface area contributed by atoms with Crippen LogP contribution in [0, 0.1) is 0 Å². The first-order valence-electron chi connectivity index (χ1n) is 4.80. The normalized spacial score (nSPS) is 24.2. The van der Waals surface area contributed by atoms with E-state index in [4.69, 9.17) is 5.73 Å². The highest BCUT2D eigenvalue weighted by molar-refractivity contribution is 9.10. The maximum Gasteiger partial charge on any atom is 0.0614 e. The van der Waals surface area contributed by atoms with Gasteiger partial charge in [0.15, 0.2) is 0 Å². The number of nitrogens with two attached hydrogens (primary N) is 1. The highest BCUT2D eigenvalue weighted by Gasteiger charge is 2.29. The van der Waals surface area contributed by atoms with Gasteiger partial charge < -0.3 is 10.8 Å². The van der Waals surface area contributed by atoms with Gasteiger partial charge in [0.25, 0.3) is 0 Å². The molecular weight excluding hydrogens is 277 g/mol. The highest BCUT2D eigenvalue weighted by Crippen LogP contribution is 2.28. The number of aryl methyl sites for hydroxylation is 1. The third kappa shape index (κ3) is 2.72. The van der Waals surface area contributed by atoms with Crippen molar-refractivity contribution in [2.24, 2.45) is 5.73 Å². The second-order valence-corrected chi connectivity index (χ2v) is 5.03. The lowest BCUT2D eigenvalue weighted by Gasteiger charge is -2.33. The number of aliphatic hydroxyl groups is 1. The minimum atomic E-state index is -0.402. The Labute approximate surface area is 104 Å². The van der Waals surface area contributed by atoms with Crippen LogP contribution in [0.2, 0.25) is 0 Å². The third-order valence-electron chi connectivity index (χ3n) is 2.92. The zero-order valence-corrected chi connectivity index (χ0v) is 10.8. The summed E-state index contributed by atoms with van der Waals surface area (Å²) in [5.74, 6) is 0. The Morgan fingerprint density at radius 1 is 1.40 bits per heavy atom. The molecule has 4 heteroatoms. The first-order valence-corrected chi connectivity index (χ1v) is 5.59. The summed E-state index contributed by atoms with van der Waals surface area (Å²) in [6, 6.07) is 6.27. The van der Waals surface area contributed by atoms with Crippen LogP contribution in [-0.2, 0) is 12.8 Å². The van der Waals surface area contributed by atoms with E-state index in [-0.39, 0.29) is 19.0 Å². The summed E-state index contributed by atoms with van der Waals surface area (Å²) in [5.41, 5.74) is 8.28. The SMILES string of the molecule is Cl.NC1(CO)CCc2cc(Br)ccc2C1. The van der Waals surface area contributed by atoms with Gasteiger partial charge in [-0.3, -0.25) is 0 Å². The van der Waals surface area contributed by atoms with E-state index >= 15 is 0 Å². The van der Waals surface area contributed by atoms with Crippen LogP contribution in [0.3, 0.4) is 0 Å². The largest absolute Gasteiger partial charge is 0.394 e. The molecule has 1 aromatic carbocycles. The monoisotopic (exact) mass is 291 g/mol. The van der Waals surface area contributed by atoms with Crippen LogP contribution in [0.1, 0.15) is 17.5 Å². The summed E-state index contributed by atoms with van der Waals surface area (Å²) in [6.45, 7) is 0.0719. The molecule has 3 N–H and O–H groups in total. The fourth-order valence-corrected chi connectivity index (χ4v) is 2.39. The Hall–Kier alpha value is -0.0900. The molecule has 1 aromatic rings. The number of aliphatic hydroxyl groups excluding tert-OH is 1. The molecule has 0 fully saturated rings. The molecule has 0 saturated carbocycles. The smallest absolute Gasteiger partial charge is 0.0614 e. The standard InChI is InChI=1S/C11H14BrNO.ClH/c12-10-2-1-9-6-11(13,7-14)4-3-8(9)5-10;/h1-2,5,14H,3-4,6-7,13H2;1H. The Bertz CT molecular complexity index is 358. The molecule has 0 amide bonds. The van der Waals surface area contributed by atoms with E-state index in [1.807, 2.05) is 6.07 Å². The van der Waals surface area contributed by atoms with E-state index in [0.717, 1.165) is 23.7 Å². The Morgan fingerprint density at radius 3 is 2.80 bits per heavy atom. The second kappa shape index (κ2) is 4.83. The Balaban J connectivity index is 0.00000112. The van der Waals surface area contributed by atoms with E-state index in [9.17, 15) is 5.11 Å². The second-order valence-electron chi connectivity index (χ2n) is 4.11. The zero-order chi connectivity index (χ0) is 10.2. The molecule has 0 aromatic heterocycles. The number of benzene rings is 1. The van der Waals surface area contributed by atoms with Gasteiger partial charge in [0.05, 0.1) is 6.61 Å². The minimum Gasteiger partial charge on any atom is -0.394 e. The third-order valence-corrected chi connectivity index (χ3v) is 3.41. The van der Waals surface area contributed by atoms with Gasteiger partial charge in [-0.25, -0.2) is 0 Å². The topological polar surface area (TPSA) is 46.2 Å². The molecule has 1 unspecified atom stereocenters. The molecule has 2 nitrogen and oxygen atoms in total. The van der Waals surface area contributed by atoms with Crippen LogP contribution >= 0.6 is 28.3 Å². The van der Waals surface area contributed by atoms with Crippen molar-refractivity contribution in [2.75, 3.05) is 6.61 Å². The van der Waals surface area contributed by atoms with Crippen LogP contribution in [0.5, 0.6) is 0 Å². The number of hydrogen-bond acceptors (Lipinski definition) is 2. The minimum absolute atomic E-state index is 0. The van der Waals surface area contributed by atoms with Gasteiger partial charge in [-0.1, -0.05) is 22.0 Å². The van der Waals surface area contributed by atoms with E-state index in [2.05, 4.69) is 28.1 Å². The zero-order valence-electron chi connectivity index (χ0n) is 8.37. The van der Waals surface area contributed by atoms with Crippen molar-refractivity contribution >= 4 is 28.3 Å². The predicted molar refractivity (Wildman–Crippen MR) is 67.4 cm³/mol. The predicted octanol–water partition coefficient (Wildman–Crippen LogP) is 2.05. The summed E-state index contributed by atoms with van der Waals surface area (Å²) >= 11 is 3.46. The van der Waals surface area contributed by atoms with Crippen molar-refractivity contribution < 1.29 is 5.11 Å². The molecule has 0 spiro atoms. The van der Waals surface area contributed by atoms with Crippen LogP contribution < -0.4 is 5.73 Å². The Kier molecular flexibility index (Phi) is 4.18. The molecule has 0 aliphatic heterocycles. The lowest BCUT2D eigenvalue weighted by Crippen LogP contribution is -2.48. The van der Waals surface area contributed by atoms with Gasteiger partial charge in [-0.2, -0.15) is 0 Å². The highest BCUT2D eigenvalue weighted by atomic mass is 79.9. The van der Waals surface area contributed by atoms with E-state index in [1.54, 1.807) is 0 Å². The molecule has 1 atom stereocenters. The summed E-state index contributed by atoms with van der Waals surface area (Å²) in [6.07, 6.45) is 2.62. The molecule has 15 heavy (non-hydrogen) atoms. The van der Waals surface area contributed by atoms with E-state index in [0.29, 0.717) is 0 Å². The first kappa shape index (κ1) is 13.0. The van der Waals surface area contributed by atoms with Crippen LogP contribution in [0.15, 0.2) is 22.7 Å². The first-order chi connectivity index (χ1) is 6.63. The van der Waals surface area contributed by atoms with Crippen LogP contribution in [0.4, 0.5) is 0 Å². The molecule has 1 aliphatic carbocycles. The molecule has 0 bridgehead atoms. The lowest BCUT2D eigenvalue weighted by atomic mass is 9.79. The van der Waals surface area contributed by atoms with Crippen molar-refractivity contribution in [2.45, 2.75) is 24.8 Å². The Morgan fingerprint density at radius 2 is 2.13 bits per heavy atom. The van der Waals surface area contributed by atoms with E-state index < -0.39 is 5.54 Å². The molecule has 1 aliphatic rings. The molecule has 0 saturated heterocycles. The van der Waals surface area contributed by atoms with E-state index in [1.165, 1.54) is 11.1 Å². The molecular formula is C11H15BrClNO. The van der Waals surface area contributed by atoms with Crippen molar-refractivity contribution in [1.29, 1.82) is 0 Å². The molecule has 2 rings (SSSR count). The number of fused-ring (bicyclic) bond motifs is 1. The van der Waals surface area contributed by atoms with Gasteiger partial charge in [0, 0.05) is 10.0 Å². The number of hydrogen-bond donors (Lipinski definition) is 2. The fourth-order valence-electron chi connectivity index (χ4n) is 1.99. The van der Waals surface area contributed by atoms with Gasteiger partial charge in [0.1, 0.15) is 0 Å². The summed E-state index contributed by atoms with van der Waals surface area (Å²) in [5, 5.41) is 9.20. The van der Waals surface area contributed by atoms with Gasteiger partial charge in [-0.05, 0) is 42.5 Å². The lowest BCUT2D eigenvalue weighted by molar-refractivity contribution is 0.181. The van der Waals surface area contributed by atoms with Crippen molar-refractivity contribution in [3.8, 4) is 0 Å². The summed E-state index contributed by atoms with van der Waals surface area (Å²) in [7, 11) is 0. The number of rotatable bonds is 1. The van der Waals surface area contributed by atoms with Crippen molar-refractivity contribution in [1.82, 2.24) is 0 Å². The van der Waals surface area contributed by atoms with Gasteiger partial charge in [-0.15, -0.1) is 12.4 Å². The average Bonchev–Trinajstić information content (AvgIpc) is 2.19. The van der Waals surface area contributed by atoms with Crippen molar-refractivity contribution in [3.63, 3.8) is 0 Å². The van der Waals surface area contributed by atoms with Crippen LogP contribution in [0.25, 0.3) is 0 Å². The fraction of sp³-hybridized carbons (Fsp3) is 0.455. The average molecular weight is 293 g/mol. The van der Waals surface area contributed by atoms with Crippen molar-refractivity contribution in [3.05, 3.63) is 33.8 Å². The molecule has 84 valence electrons. The van der Waals surface area contributed by atoms with Gasteiger partial charge >= 0.3 is 0 Å². The summed E-state index contributed by atoms with van der Waals surface area (Å²) in [4.78, 5) is 0. The van der Waals surface area contributed by atoms with Crippen LogP contribution in [-0.4, -0.2) is 17.3 Å². The maximum atomic E-state index is 9.20. The molecule has 0 heterocycles.